The van der Waals surface area contributed by atoms with E-state index in [9.17, 15) is 10.2 Å². The highest BCUT2D eigenvalue weighted by molar-refractivity contribution is 4.92. The minimum Gasteiger partial charge on any atom is -0.391 e. The van der Waals surface area contributed by atoms with Crippen LogP contribution in [0.2, 0.25) is 0 Å². The molecular weight excluding hydrogens is 234 g/mol. The summed E-state index contributed by atoms with van der Waals surface area (Å²) in [7, 11) is 0. The Hall–Kier alpha value is -0.670. The van der Waals surface area contributed by atoms with Gasteiger partial charge in [0.2, 0.25) is 0 Å². The molecule has 0 bridgehead atoms. The minimum atomic E-state index is -0.850. The van der Waals surface area contributed by atoms with Gasteiger partial charge >= 0.3 is 0 Å². The molecule has 18 heavy (non-hydrogen) atoms. The second kappa shape index (κ2) is 5.98. The van der Waals surface area contributed by atoms with Crippen molar-refractivity contribution in [3.63, 3.8) is 0 Å². The number of fused-ring (bicyclic) bond motifs is 1. The first-order chi connectivity index (χ1) is 8.61. The maximum absolute atomic E-state index is 9.81. The first-order valence-corrected chi connectivity index (χ1v) is 6.65. The number of hydrogen-bond acceptors (Lipinski definition) is 5. The summed E-state index contributed by atoms with van der Waals surface area (Å²) in [5.41, 5.74) is 0. The van der Waals surface area contributed by atoms with Crippen LogP contribution >= 0.6 is 0 Å². The molecule has 0 saturated carbocycles. The quantitative estimate of drug-likeness (QED) is 0.774. The van der Waals surface area contributed by atoms with Crippen molar-refractivity contribution in [1.29, 1.82) is 5.26 Å². The van der Waals surface area contributed by atoms with E-state index in [4.69, 9.17) is 14.7 Å². The van der Waals surface area contributed by atoms with Crippen molar-refractivity contribution in [2.45, 2.75) is 75.7 Å². The van der Waals surface area contributed by atoms with Crippen LogP contribution in [0.25, 0.3) is 0 Å². The molecule has 0 aromatic rings. The molecule has 6 atom stereocenters. The van der Waals surface area contributed by atoms with Gasteiger partial charge in [-0.1, -0.05) is 0 Å². The van der Waals surface area contributed by atoms with Gasteiger partial charge in [0.25, 0.3) is 0 Å². The summed E-state index contributed by atoms with van der Waals surface area (Å²) in [5.74, 6) is 0. The summed E-state index contributed by atoms with van der Waals surface area (Å²) < 4.78 is 11.6. The molecule has 0 radical (unpaired) electrons. The van der Waals surface area contributed by atoms with E-state index in [1.54, 1.807) is 6.92 Å². The number of nitriles is 1. The fourth-order valence-corrected chi connectivity index (χ4v) is 2.78. The van der Waals surface area contributed by atoms with Crippen molar-refractivity contribution < 1.29 is 19.7 Å². The summed E-state index contributed by atoms with van der Waals surface area (Å²) in [6, 6.07) is 2.13. The van der Waals surface area contributed by atoms with Crippen LogP contribution in [-0.2, 0) is 9.47 Å². The van der Waals surface area contributed by atoms with Crippen molar-refractivity contribution in [3.05, 3.63) is 0 Å². The monoisotopic (exact) mass is 255 g/mol. The summed E-state index contributed by atoms with van der Waals surface area (Å²) in [4.78, 5) is 0. The zero-order valence-corrected chi connectivity index (χ0v) is 10.7. The molecule has 0 aliphatic carbocycles. The first kappa shape index (κ1) is 13.8. The van der Waals surface area contributed by atoms with E-state index in [1.165, 1.54) is 0 Å². The van der Waals surface area contributed by atoms with Crippen LogP contribution in [0.3, 0.4) is 0 Å². The summed E-state index contributed by atoms with van der Waals surface area (Å²) in [6.07, 6.45) is 1.91. The molecule has 0 aromatic carbocycles. The van der Waals surface area contributed by atoms with Crippen LogP contribution in [0.5, 0.6) is 0 Å². The van der Waals surface area contributed by atoms with Gasteiger partial charge in [-0.15, -0.1) is 0 Å². The predicted molar refractivity (Wildman–Crippen MR) is 63.7 cm³/mol. The van der Waals surface area contributed by atoms with Gasteiger partial charge in [0.1, 0.15) is 6.10 Å². The maximum atomic E-state index is 9.81. The standard InChI is InChI=1S/C13H21NO4/c1-8(15)13(16)12-7-11-10(18-12)5-4-9(17-11)3-2-6-14/h8-13,15-16H,2-5,7H2,1H3/t8-,9+,10+,11+,12-,13-/m1/s1. The van der Waals surface area contributed by atoms with Crippen molar-refractivity contribution in [2.75, 3.05) is 0 Å². The largest absolute Gasteiger partial charge is 0.391 e. The summed E-state index contributed by atoms with van der Waals surface area (Å²) in [5, 5.41) is 27.8. The Morgan fingerprint density at radius 1 is 1.28 bits per heavy atom. The van der Waals surface area contributed by atoms with E-state index >= 15 is 0 Å². The molecule has 0 unspecified atom stereocenters. The molecule has 2 aliphatic heterocycles. The summed E-state index contributed by atoms with van der Waals surface area (Å²) in [6.45, 7) is 1.56. The van der Waals surface area contributed by atoms with Crippen LogP contribution in [0.15, 0.2) is 0 Å². The minimum absolute atomic E-state index is 0.000780. The number of aliphatic hydroxyl groups is 2. The lowest BCUT2D eigenvalue weighted by atomic mass is 9.96. The molecule has 2 aliphatic rings. The fraction of sp³-hybridized carbons (Fsp3) is 0.923. The molecule has 0 spiro atoms. The molecule has 0 amide bonds. The Morgan fingerprint density at radius 2 is 2.06 bits per heavy atom. The number of nitrogens with zero attached hydrogens (tertiary/aromatic N) is 1. The van der Waals surface area contributed by atoms with Crippen LogP contribution in [0, 0.1) is 11.3 Å². The Labute approximate surface area is 107 Å². The molecule has 2 rings (SSSR count). The van der Waals surface area contributed by atoms with Crippen molar-refractivity contribution in [3.8, 4) is 6.07 Å². The topological polar surface area (TPSA) is 82.7 Å². The molecule has 102 valence electrons. The number of rotatable bonds is 4. The van der Waals surface area contributed by atoms with Crippen LogP contribution < -0.4 is 0 Å². The predicted octanol–water partition coefficient (Wildman–Crippen LogP) is 0.737. The van der Waals surface area contributed by atoms with E-state index in [0.717, 1.165) is 19.3 Å². The molecule has 0 aromatic heterocycles. The Kier molecular flexibility index (Phi) is 4.57. The van der Waals surface area contributed by atoms with E-state index in [0.29, 0.717) is 12.8 Å². The van der Waals surface area contributed by atoms with Gasteiger partial charge in [-0.2, -0.15) is 5.26 Å². The third-order valence-electron chi connectivity index (χ3n) is 3.82. The SMILES string of the molecule is C[C@@H](O)[C@@H](O)[C@H]1C[C@@H]2O[C@@H](CCC#N)CC[C@@H]2O1. The Balaban J connectivity index is 1.85. The molecule has 2 saturated heterocycles. The van der Waals surface area contributed by atoms with E-state index in [1.807, 2.05) is 0 Å². The number of aliphatic hydroxyl groups excluding tert-OH is 2. The zero-order valence-electron chi connectivity index (χ0n) is 10.7. The molecule has 2 fully saturated rings. The fourth-order valence-electron chi connectivity index (χ4n) is 2.78. The van der Waals surface area contributed by atoms with Gasteiger partial charge in [-0.3, -0.25) is 0 Å². The van der Waals surface area contributed by atoms with Gasteiger partial charge < -0.3 is 19.7 Å². The highest BCUT2D eigenvalue weighted by Crippen LogP contribution is 2.35. The van der Waals surface area contributed by atoms with E-state index in [2.05, 4.69) is 6.07 Å². The number of ether oxygens (including phenoxy) is 2. The van der Waals surface area contributed by atoms with Crippen LogP contribution in [0.1, 0.15) is 39.0 Å². The lowest BCUT2D eigenvalue weighted by molar-refractivity contribution is -0.117. The van der Waals surface area contributed by atoms with Gasteiger partial charge in [0.05, 0.1) is 36.6 Å². The molecule has 5 heteroatoms. The highest BCUT2D eigenvalue weighted by atomic mass is 16.6. The van der Waals surface area contributed by atoms with Crippen LogP contribution in [0.4, 0.5) is 0 Å². The van der Waals surface area contributed by atoms with Gasteiger partial charge in [-0.25, -0.2) is 0 Å². The maximum Gasteiger partial charge on any atom is 0.106 e. The molecule has 2 N–H and O–H groups in total. The van der Waals surface area contributed by atoms with E-state index < -0.39 is 12.2 Å². The second-order valence-corrected chi connectivity index (χ2v) is 5.25. The van der Waals surface area contributed by atoms with Crippen molar-refractivity contribution in [1.82, 2.24) is 0 Å². The second-order valence-electron chi connectivity index (χ2n) is 5.25. The zero-order chi connectivity index (χ0) is 13.1. The van der Waals surface area contributed by atoms with Crippen LogP contribution in [-0.4, -0.2) is 46.8 Å². The lowest BCUT2D eigenvalue weighted by Crippen LogP contribution is -2.35. The average molecular weight is 255 g/mol. The van der Waals surface area contributed by atoms with Gasteiger partial charge in [0.15, 0.2) is 0 Å². The third kappa shape index (κ3) is 3.01. The number of hydrogen-bond donors (Lipinski definition) is 2. The van der Waals surface area contributed by atoms with Crippen molar-refractivity contribution in [2.24, 2.45) is 0 Å². The van der Waals surface area contributed by atoms with Gasteiger partial charge in [-0.05, 0) is 26.2 Å². The molecule has 2 heterocycles. The van der Waals surface area contributed by atoms with Crippen molar-refractivity contribution >= 4 is 0 Å². The summed E-state index contributed by atoms with van der Waals surface area (Å²) >= 11 is 0. The smallest absolute Gasteiger partial charge is 0.106 e. The molecular formula is C13H21NO4. The normalized spacial score (nSPS) is 38.8. The average Bonchev–Trinajstić information content (AvgIpc) is 2.77. The van der Waals surface area contributed by atoms with Gasteiger partial charge in [0, 0.05) is 12.8 Å². The molecule has 5 nitrogen and oxygen atoms in total. The van der Waals surface area contributed by atoms with E-state index in [-0.39, 0.29) is 24.4 Å². The Morgan fingerprint density at radius 3 is 2.72 bits per heavy atom. The first-order valence-electron chi connectivity index (χ1n) is 6.65. The lowest BCUT2D eigenvalue weighted by Gasteiger charge is -2.31. The Bertz CT molecular complexity index is 315. The highest BCUT2D eigenvalue weighted by Gasteiger charge is 2.43. The third-order valence-corrected chi connectivity index (χ3v) is 3.82.